The van der Waals surface area contributed by atoms with Crippen LogP contribution in [-0.2, 0) is 4.79 Å². The van der Waals surface area contributed by atoms with Crippen LogP contribution in [0.25, 0.3) is 0 Å². The van der Waals surface area contributed by atoms with Crippen LogP contribution in [0.4, 0.5) is 14.5 Å². The van der Waals surface area contributed by atoms with Crippen LogP contribution in [0.1, 0.15) is 29.2 Å². The summed E-state index contributed by atoms with van der Waals surface area (Å²) in [6, 6.07) is 8.50. The summed E-state index contributed by atoms with van der Waals surface area (Å²) in [5.74, 6) is -0.200. The zero-order valence-electron chi connectivity index (χ0n) is 16.9. The van der Waals surface area contributed by atoms with Gasteiger partial charge >= 0.3 is 6.61 Å². The number of aryl methyl sites for hydroxylation is 3. The molecule has 0 heterocycles. The monoisotopic (exact) mass is 405 g/mol. The molecule has 0 saturated carbocycles. The van der Waals surface area contributed by atoms with Crippen LogP contribution >= 0.6 is 0 Å². The second-order valence-electron chi connectivity index (χ2n) is 6.44. The lowest BCUT2D eigenvalue weighted by atomic mass is 10.1. The number of nitrogens with one attached hydrogen (secondary N) is 2. The maximum absolute atomic E-state index is 12.4. The molecule has 8 heteroatoms. The van der Waals surface area contributed by atoms with Gasteiger partial charge in [-0.3, -0.25) is 4.79 Å². The predicted octanol–water partition coefficient (Wildman–Crippen LogP) is 4.17. The molecule has 0 aliphatic heterocycles. The van der Waals surface area contributed by atoms with Crippen molar-refractivity contribution in [3.05, 3.63) is 52.6 Å². The third kappa shape index (κ3) is 6.74. The summed E-state index contributed by atoms with van der Waals surface area (Å²) < 4.78 is 34.6. The minimum Gasteiger partial charge on any atom is -0.490 e. The van der Waals surface area contributed by atoms with Crippen molar-refractivity contribution >= 4 is 17.8 Å². The van der Waals surface area contributed by atoms with E-state index in [1.807, 2.05) is 32.9 Å². The van der Waals surface area contributed by atoms with Crippen LogP contribution in [0.2, 0.25) is 0 Å². The van der Waals surface area contributed by atoms with Gasteiger partial charge in [0.2, 0.25) is 0 Å². The van der Waals surface area contributed by atoms with E-state index < -0.39 is 6.61 Å². The van der Waals surface area contributed by atoms with Crippen LogP contribution in [0.15, 0.2) is 35.4 Å². The van der Waals surface area contributed by atoms with E-state index in [4.69, 9.17) is 4.74 Å². The first-order valence-electron chi connectivity index (χ1n) is 9.15. The van der Waals surface area contributed by atoms with E-state index in [1.54, 1.807) is 6.92 Å². The van der Waals surface area contributed by atoms with Gasteiger partial charge in [-0.25, -0.2) is 5.43 Å². The van der Waals surface area contributed by atoms with Gasteiger partial charge in [-0.05, 0) is 62.6 Å². The Kier molecular flexibility index (Phi) is 7.94. The number of hydrogen-bond acceptors (Lipinski definition) is 5. The number of halogens is 2. The van der Waals surface area contributed by atoms with Gasteiger partial charge < -0.3 is 14.8 Å². The number of ether oxygens (including phenoxy) is 2. The van der Waals surface area contributed by atoms with Crippen LogP contribution < -0.4 is 20.2 Å². The highest BCUT2D eigenvalue weighted by Crippen LogP contribution is 2.29. The summed E-state index contributed by atoms with van der Waals surface area (Å²) in [6.45, 7) is 5.13. The second kappa shape index (κ2) is 10.4. The number of nitrogens with zero attached hydrogens (tertiary/aromatic N) is 1. The SMILES string of the molecule is CCOc1cc(/C=N\NC(=O)CNc2c(C)cc(C)cc2C)ccc1OC(F)F. The number of benzene rings is 2. The summed E-state index contributed by atoms with van der Waals surface area (Å²) in [6.07, 6.45) is 1.40. The van der Waals surface area contributed by atoms with Crippen LogP contribution in [0, 0.1) is 20.8 Å². The molecule has 2 N–H and O–H groups in total. The molecule has 1 amide bonds. The van der Waals surface area contributed by atoms with Crippen molar-refractivity contribution < 1.29 is 23.0 Å². The summed E-state index contributed by atoms with van der Waals surface area (Å²) in [4.78, 5) is 12.0. The first-order chi connectivity index (χ1) is 13.8. The zero-order valence-corrected chi connectivity index (χ0v) is 16.9. The average molecular weight is 405 g/mol. The van der Waals surface area contributed by atoms with Gasteiger partial charge in [0.1, 0.15) is 0 Å². The molecular formula is C21H25F2N3O3. The molecule has 0 radical (unpaired) electrons. The molecule has 6 nitrogen and oxygen atoms in total. The van der Waals surface area contributed by atoms with E-state index in [9.17, 15) is 13.6 Å². The maximum Gasteiger partial charge on any atom is 0.387 e. The van der Waals surface area contributed by atoms with Gasteiger partial charge in [-0.15, -0.1) is 0 Å². The Bertz CT molecular complexity index is 862. The van der Waals surface area contributed by atoms with Crippen molar-refractivity contribution in [2.45, 2.75) is 34.3 Å². The number of rotatable bonds is 9. The van der Waals surface area contributed by atoms with E-state index in [-0.39, 0.29) is 24.0 Å². The molecule has 0 aliphatic carbocycles. The Hall–Kier alpha value is -3.16. The van der Waals surface area contributed by atoms with E-state index in [0.717, 1.165) is 22.4 Å². The van der Waals surface area contributed by atoms with Crippen LogP contribution in [0.3, 0.4) is 0 Å². The van der Waals surface area contributed by atoms with Gasteiger partial charge in [-0.1, -0.05) is 17.7 Å². The highest BCUT2D eigenvalue weighted by Gasteiger charge is 2.11. The molecule has 29 heavy (non-hydrogen) atoms. The maximum atomic E-state index is 12.4. The Morgan fingerprint density at radius 2 is 1.83 bits per heavy atom. The Balaban J connectivity index is 1.95. The molecule has 2 aromatic carbocycles. The minimum atomic E-state index is -2.94. The van der Waals surface area contributed by atoms with E-state index in [0.29, 0.717) is 12.2 Å². The van der Waals surface area contributed by atoms with Gasteiger partial charge in [0.05, 0.1) is 19.4 Å². The Morgan fingerprint density at radius 1 is 1.14 bits per heavy atom. The first kappa shape index (κ1) is 22.1. The minimum absolute atomic E-state index is 0.0592. The topological polar surface area (TPSA) is 72.0 Å². The molecule has 156 valence electrons. The summed E-state index contributed by atoms with van der Waals surface area (Å²) in [7, 11) is 0. The fourth-order valence-corrected chi connectivity index (χ4v) is 2.91. The van der Waals surface area contributed by atoms with E-state index in [1.165, 1.54) is 24.4 Å². The van der Waals surface area contributed by atoms with Gasteiger partial charge in [0, 0.05) is 5.69 Å². The number of hydrogen-bond donors (Lipinski definition) is 2. The first-order valence-corrected chi connectivity index (χ1v) is 9.15. The zero-order chi connectivity index (χ0) is 21.4. The lowest BCUT2D eigenvalue weighted by Crippen LogP contribution is -2.26. The van der Waals surface area contributed by atoms with E-state index in [2.05, 4.69) is 20.6 Å². The van der Waals surface area contributed by atoms with Crippen molar-refractivity contribution in [1.29, 1.82) is 0 Å². The quantitative estimate of drug-likeness (QED) is 0.485. The summed E-state index contributed by atoms with van der Waals surface area (Å²) >= 11 is 0. The standard InChI is InChI=1S/C21H25F2N3O3/c1-5-28-18-10-16(6-7-17(18)29-21(22)23)11-25-26-19(27)12-24-20-14(3)8-13(2)9-15(20)4/h6-11,21,24H,5,12H2,1-4H3,(H,26,27)/b25-11-. The molecule has 0 atom stereocenters. The Labute approximate surface area is 168 Å². The van der Waals surface area contributed by atoms with Crippen LogP contribution in [0.5, 0.6) is 11.5 Å². The lowest BCUT2D eigenvalue weighted by Gasteiger charge is -2.13. The van der Waals surface area contributed by atoms with Crippen molar-refractivity contribution in [3.63, 3.8) is 0 Å². The molecule has 0 aromatic heterocycles. The van der Waals surface area contributed by atoms with Crippen molar-refractivity contribution in [1.82, 2.24) is 5.43 Å². The molecule has 0 bridgehead atoms. The van der Waals surface area contributed by atoms with Crippen LogP contribution in [-0.4, -0.2) is 31.9 Å². The smallest absolute Gasteiger partial charge is 0.387 e. The highest BCUT2D eigenvalue weighted by atomic mass is 19.3. The number of hydrazone groups is 1. The third-order valence-corrected chi connectivity index (χ3v) is 3.99. The molecular weight excluding hydrogens is 380 g/mol. The fraction of sp³-hybridized carbons (Fsp3) is 0.333. The fourth-order valence-electron chi connectivity index (χ4n) is 2.91. The molecule has 0 fully saturated rings. The molecule has 0 spiro atoms. The molecule has 2 rings (SSSR count). The normalized spacial score (nSPS) is 11.0. The molecule has 0 saturated heterocycles. The highest BCUT2D eigenvalue weighted by molar-refractivity contribution is 5.85. The lowest BCUT2D eigenvalue weighted by molar-refractivity contribution is -0.119. The summed E-state index contributed by atoms with van der Waals surface area (Å²) in [5, 5.41) is 7.01. The largest absolute Gasteiger partial charge is 0.490 e. The van der Waals surface area contributed by atoms with Gasteiger partial charge in [0.25, 0.3) is 5.91 Å². The Morgan fingerprint density at radius 3 is 2.45 bits per heavy atom. The van der Waals surface area contributed by atoms with Gasteiger partial charge in [-0.2, -0.15) is 13.9 Å². The van der Waals surface area contributed by atoms with E-state index >= 15 is 0 Å². The second-order valence-corrected chi connectivity index (χ2v) is 6.44. The number of amides is 1. The van der Waals surface area contributed by atoms with Crippen molar-refractivity contribution in [2.75, 3.05) is 18.5 Å². The van der Waals surface area contributed by atoms with Gasteiger partial charge in [0.15, 0.2) is 11.5 Å². The van der Waals surface area contributed by atoms with Crippen molar-refractivity contribution in [3.8, 4) is 11.5 Å². The average Bonchev–Trinajstić information content (AvgIpc) is 2.62. The number of alkyl halides is 2. The van der Waals surface area contributed by atoms with Crippen molar-refractivity contribution in [2.24, 2.45) is 5.10 Å². The molecule has 0 unspecified atom stereocenters. The third-order valence-electron chi connectivity index (χ3n) is 3.99. The number of carbonyl (C=O) groups excluding carboxylic acids is 1. The number of carbonyl (C=O) groups is 1. The molecule has 2 aromatic rings. The predicted molar refractivity (Wildman–Crippen MR) is 109 cm³/mol. The molecule has 0 aliphatic rings. The summed E-state index contributed by atoms with van der Waals surface area (Å²) in [5.41, 5.74) is 7.20. The number of anilines is 1.